The Morgan fingerprint density at radius 2 is 1.89 bits per heavy atom. The van der Waals surface area contributed by atoms with Gasteiger partial charge in [0.15, 0.2) is 5.82 Å². The van der Waals surface area contributed by atoms with Crippen LogP contribution in [0.15, 0.2) is 34.9 Å². The summed E-state index contributed by atoms with van der Waals surface area (Å²) in [5, 5.41) is 6.67. The number of rotatable bonds is 9. The van der Waals surface area contributed by atoms with Crippen LogP contribution in [0.5, 0.6) is 0 Å². The SMILES string of the molecule is CCN(Cc1ccccc1)C(=O)CNC(=O)CCCc1nc(C(C)(C)C)no1. The van der Waals surface area contributed by atoms with Crippen molar-refractivity contribution in [3.8, 4) is 0 Å². The van der Waals surface area contributed by atoms with Gasteiger partial charge in [-0.25, -0.2) is 0 Å². The van der Waals surface area contributed by atoms with Crippen molar-refractivity contribution in [3.05, 3.63) is 47.6 Å². The van der Waals surface area contributed by atoms with E-state index in [0.29, 0.717) is 44.1 Å². The van der Waals surface area contributed by atoms with Gasteiger partial charge in [0, 0.05) is 31.3 Å². The Bertz CT molecular complexity index is 765. The average Bonchev–Trinajstić information content (AvgIpc) is 3.14. The van der Waals surface area contributed by atoms with Crippen molar-refractivity contribution in [1.82, 2.24) is 20.4 Å². The lowest BCUT2D eigenvalue weighted by Crippen LogP contribution is -2.39. The molecule has 2 aromatic rings. The van der Waals surface area contributed by atoms with Gasteiger partial charge < -0.3 is 14.7 Å². The molecule has 1 N–H and O–H groups in total. The van der Waals surface area contributed by atoms with Gasteiger partial charge in [-0.3, -0.25) is 9.59 Å². The zero-order valence-electron chi connectivity index (χ0n) is 17.2. The Balaban J connectivity index is 1.71. The van der Waals surface area contributed by atoms with E-state index in [0.717, 1.165) is 5.56 Å². The van der Waals surface area contributed by atoms with E-state index in [1.165, 1.54) is 0 Å². The number of amides is 2. The van der Waals surface area contributed by atoms with Crippen LogP contribution in [0, 0.1) is 0 Å². The third-order valence-corrected chi connectivity index (χ3v) is 4.32. The lowest BCUT2D eigenvalue weighted by molar-refractivity contribution is -0.133. The molecule has 0 saturated heterocycles. The smallest absolute Gasteiger partial charge is 0.242 e. The normalized spacial score (nSPS) is 11.3. The molecule has 1 aromatic heterocycles. The first-order valence-corrected chi connectivity index (χ1v) is 9.71. The highest BCUT2D eigenvalue weighted by molar-refractivity contribution is 5.84. The number of hydrogen-bond donors (Lipinski definition) is 1. The zero-order valence-corrected chi connectivity index (χ0v) is 17.2. The van der Waals surface area contributed by atoms with E-state index in [1.807, 2.05) is 58.0 Å². The molecule has 2 amide bonds. The summed E-state index contributed by atoms with van der Waals surface area (Å²) in [7, 11) is 0. The first kappa shape index (κ1) is 21.6. The number of carbonyl (C=O) groups excluding carboxylic acids is 2. The van der Waals surface area contributed by atoms with Crippen LogP contribution < -0.4 is 5.32 Å². The number of aromatic nitrogens is 2. The van der Waals surface area contributed by atoms with Gasteiger partial charge in [0.2, 0.25) is 17.7 Å². The Morgan fingerprint density at radius 3 is 2.50 bits per heavy atom. The fraction of sp³-hybridized carbons (Fsp3) is 0.524. The maximum absolute atomic E-state index is 12.4. The summed E-state index contributed by atoms with van der Waals surface area (Å²) in [6, 6.07) is 9.81. The summed E-state index contributed by atoms with van der Waals surface area (Å²) in [6.45, 7) is 9.12. The molecule has 0 aliphatic heterocycles. The van der Waals surface area contributed by atoms with Crippen molar-refractivity contribution in [2.75, 3.05) is 13.1 Å². The highest BCUT2D eigenvalue weighted by Gasteiger charge is 2.21. The second-order valence-corrected chi connectivity index (χ2v) is 7.79. The molecular weight excluding hydrogens is 356 g/mol. The molecule has 2 rings (SSSR count). The van der Waals surface area contributed by atoms with Crippen molar-refractivity contribution in [1.29, 1.82) is 0 Å². The molecule has 0 radical (unpaired) electrons. The van der Waals surface area contributed by atoms with Crippen molar-refractivity contribution in [3.63, 3.8) is 0 Å². The molecule has 7 heteroatoms. The Hall–Kier alpha value is -2.70. The zero-order chi connectivity index (χ0) is 20.6. The second-order valence-electron chi connectivity index (χ2n) is 7.79. The predicted octanol–water partition coefficient (Wildman–Crippen LogP) is 2.85. The summed E-state index contributed by atoms with van der Waals surface area (Å²) in [5.74, 6) is 0.954. The maximum Gasteiger partial charge on any atom is 0.242 e. The van der Waals surface area contributed by atoms with Crippen LogP contribution in [-0.4, -0.2) is 39.9 Å². The summed E-state index contributed by atoms with van der Waals surface area (Å²) in [4.78, 5) is 30.5. The fourth-order valence-corrected chi connectivity index (χ4v) is 2.62. The average molecular weight is 386 g/mol. The molecule has 28 heavy (non-hydrogen) atoms. The lowest BCUT2D eigenvalue weighted by Gasteiger charge is -2.21. The molecule has 1 aromatic carbocycles. The minimum Gasteiger partial charge on any atom is -0.347 e. The molecule has 0 saturated carbocycles. The van der Waals surface area contributed by atoms with Crippen molar-refractivity contribution < 1.29 is 14.1 Å². The van der Waals surface area contributed by atoms with Gasteiger partial charge in [-0.15, -0.1) is 0 Å². The minimum absolute atomic E-state index is 0.00817. The van der Waals surface area contributed by atoms with Crippen LogP contribution in [0.2, 0.25) is 0 Å². The number of likely N-dealkylation sites (N-methyl/N-ethyl adjacent to an activating group) is 1. The Kier molecular flexibility index (Phi) is 7.72. The summed E-state index contributed by atoms with van der Waals surface area (Å²) in [5.41, 5.74) is 0.905. The van der Waals surface area contributed by atoms with Gasteiger partial charge >= 0.3 is 0 Å². The first-order valence-electron chi connectivity index (χ1n) is 9.71. The molecule has 152 valence electrons. The van der Waals surface area contributed by atoms with E-state index < -0.39 is 0 Å². The molecule has 0 unspecified atom stereocenters. The van der Waals surface area contributed by atoms with Gasteiger partial charge in [-0.05, 0) is 18.9 Å². The van der Waals surface area contributed by atoms with Gasteiger partial charge in [0.05, 0.1) is 6.54 Å². The molecule has 0 aliphatic rings. The summed E-state index contributed by atoms with van der Waals surface area (Å²) < 4.78 is 5.22. The number of benzene rings is 1. The highest BCUT2D eigenvalue weighted by atomic mass is 16.5. The van der Waals surface area contributed by atoms with Crippen molar-refractivity contribution >= 4 is 11.8 Å². The number of carbonyl (C=O) groups is 2. The van der Waals surface area contributed by atoms with Gasteiger partial charge in [-0.2, -0.15) is 4.98 Å². The van der Waals surface area contributed by atoms with E-state index in [-0.39, 0.29) is 23.8 Å². The number of nitrogens with one attached hydrogen (secondary N) is 1. The summed E-state index contributed by atoms with van der Waals surface area (Å²) in [6.07, 6.45) is 1.44. The van der Waals surface area contributed by atoms with Gasteiger partial charge in [0.1, 0.15) is 0 Å². The molecular formula is C21H30N4O3. The second kappa shape index (κ2) is 10.0. The van der Waals surface area contributed by atoms with Crippen LogP contribution in [0.1, 0.15) is 57.8 Å². The molecule has 0 aliphatic carbocycles. The van der Waals surface area contributed by atoms with Crippen molar-refractivity contribution in [2.24, 2.45) is 0 Å². The van der Waals surface area contributed by atoms with Crippen LogP contribution in [-0.2, 0) is 28.0 Å². The van der Waals surface area contributed by atoms with E-state index >= 15 is 0 Å². The Labute approximate surface area is 166 Å². The topological polar surface area (TPSA) is 88.3 Å². The Morgan fingerprint density at radius 1 is 1.18 bits per heavy atom. The van der Waals surface area contributed by atoms with Crippen LogP contribution in [0.4, 0.5) is 0 Å². The molecule has 0 spiro atoms. The van der Waals surface area contributed by atoms with Crippen LogP contribution in [0.3, 0.4) is 0 Å². The minimum atomic E-state index is -0.162. The molecule has 0 fully saturated rings. The van der Waals surface area contributed by atoms with Gasteiger partial charge in [-0.1, -0.05) is 56.3 Å². The fourth-order valence-electron chi connectivity index (χ4n) is 2.62. The number of hydrogen-bond acceptors (Lipinski definition) is 5. The largest absolute Gasteiger partial charge is 0.347 e. The number of aryl methyl sites for hydroxylation is 1. The van der Waals surface area contributed by atoms with Gasteiger partial charge in [0.25, 0.3) is 0 Å². The lowest BCUT2D eigenvalue weighted by atomic mass is 9.96. The first-order chi connectivity index (χ1) is 13.3. The maximum atomic E-state index is 12.4. The number of nitrogens with zero attached hydrogens (tertiary/aromatic N) is 3. The third kappa shape index (κ3) is 6.79. The third-order valence-electron chi connectivity index (χ3n) is 4.32. The van der Waals surface area contributed by atoms with Crippen LogP contribution >= 0.6 is 0 Å². The van der Waals surface area contributed by atoms with E-state index in [1.54, 1.807) is 4.90 Å². The molecule has 7 nitrogen and oxygen atoms in total. The highest BCUT2D eigenvalue weighted by Crippen LogP contribution is 2.18. The standard InChI is InChI=1S/C21H30N4O3/c1-5-25(15-16-10-7-6-8-11-16)19(27)14-22-17(26)12-9-13-18-23-20(24-28-18)21(2,3)4/h6-8,10-11H,5,9,12-15H2,1-4H3,(H,22,26). The quantitative estimate of drug-likeness (QED) is 0.716. The van der Waals surface area contributed by atoms with E-state index in [9.17, 15) is 9.59 Å². The predicted molar refractivity (Wildman–Crippen MR) is 106 cm³/mol. The molecule has 0 bridgehead atoms. The monoisotopic (exact) mass is 386 g/mol. The van der Waals surface area contributed by atoms with Crippen LogP contribution in [0.25, 0.3) is 0 Å². The molecule has 1 heterocycles. The van der Waals surface area contributed by atoms with E-state index in [4.69, 9.17) is 4.52 Å². The van der Waals surface area contributed by atoms with E-state index in [2.05, 4.69) is 15.5 Å². The van der Waals surface area contributed by atoms with Crippen molar-refractivity contribution in [2.45, 2.75) is 58.9 Å². The summed E-state index contributed by atoms with van der Waals surface area (Å²) >= 11 is 0. The molecule has 0 atom stereocenters.